The first-order valence-corrected chi connectivity index (χ1v) is 6.28. The Kier molecular flexibility index (Phi) is 2.58. The number of nitrogens with zero attached hydrogens (tertiary/aromatic N) is 2. The van der Waals surface area contributed by atoms with E-state index in [4.69, 9.17) is 4.74 Å². The molecule has 0 bridgehead atoms. The molecule has 5 heteroatoms. The second kappa shape index (κ2) is 3.98. The minimum Gasteiger partial charge on any atom is -0.381 e. The molecule has 3 atom stereocenters. The van der Waals surface area contributed by atoms with Crippen molar-refractivity contribution in [3.05, 3.63) is 0 Å². The minimum atomic E-state index is 0.0293. The Labute approximate surface area is 101 Å². The average molecular weight is 238 g/mol. The van der Waals surface area contributed by atoms with Gasteiger partial charge in [-0.05, 0) is 6.42 Å². The summed E-state index contributed by atoms with van der Waals surface area (Å²) in [4.78, 5) is 27.7. The highest BCUT2D eigenvalue weighted by Crippen LogP contribution is 2.32. The molecule has 0 aromatic rings. The maximum atomic E-state index is 12.2. The van der Waals surface area contributed by atoms with E-state index in [2.05, 4.69) is 0 Å². The van der Waals surface area contributed by atoms with Crippen molar-refractivity contribution in [2.75, 3.05) is 39.9 Å². The van der Waals surface area contributed by atoms with E-state index in [1.807, 2.05) is 11.9 Å². The van der Waals surface area contributed by atoms with Crippen LogP contribution < -0.4 is 0 Å². The molecule has 17 heavy (non-hydrogen) atoms. The maximum Gasteiger partial charge on any atom is 0.228 e. The number of ether oxygens (including phenoxy) is 1. The normalized spacial score (nSPS) is 36.8. The first-order chi connectivity index (χ1) is 8.16. The summed E-state index contributed by atoms with van der Waals surface area (Å²) in [7, 11) is 1.84. The van der Waals surface area contributed by atoms with Gasteiger partial charge in [0.15, 0.2) is 0 Å². The van der Waals surface area contributed by atoms with Crippen molar-refractivity contribution in [3.63, 3.8) is 0 Å². The number of likely N-dealkylation sites (tertiary alicyclic amines) is 2. The van der Waals surface area contributed by atoms with Crippen LogP contribution in [0.4, 0.5) is 0 Å². The molecule has 0 spiro atoms. The van der Waals surface area contributed by atoms with Gasteiger partial charge in [0.25, 0.3) is 0 Å². The van der Waals surface area contributed by atoms with Crippen LogP contribution in [0.3, 0.4) is 0 Å². The lowest BCUT2D eigenvalue weighted by Crippen LogP contribution is -2.37. The van der Waals surface area contributed by atoms with Crippen molar-refractivity contribution in [2.45, 2.75) is 6.42 Å². The zero-order valence-corrected chi connectivity index (χ0v) is 10.1. The molecule has 0 unspecified atom stereocenters. The van der Waals surface area contributed by atoms with Gasteiger partial charge < -0.3 is 14.5 Å². The van der Waals surface area contributed by atoms with Crippen LogP contribution in [-0.4, -0.2) is 61.5 Å². The monoisotopic (exact) mass is 238 g/mol. The molecule has 5 nitrogen and oxygen atoms in total. The summed E-state index contributed by atoms with van der Waals surface area (Å²) in [5.74, 6) is 0.812. The van der Waals surface area contributed by atoms with E-state index in [-0.39, 0.29) is 23.7 Å². The number of amides is 2. The summed E-state index contributed by atoms with van der Waals surface area (Å²) in [6.07, 6.45) is 0.832. The van der Waals surface area contributed by atoms with Gasteiger partial charge in [-0.15, -0.1) is 0 Å². The number of carbonyl (C=O) groups is 2. The highest BCUT2D eigenvalue weighted by Gasteiger charge is 2.47. The van der Waals surface area contributed by atoms with Gasteiger partial charge in [-0.25, -0.2) is 0 Å². The molecule has 94 valence electrons. The third kappa shape index (κ3) is 1.73. The summed E-state index contributed by atoms with van der Waals surface area (Å²) >= 11 is 0. The zero-order valence-electron chi connectivity index (χ0n) is 10.1. The molecule has 3 saturated heterocycles. The first-order valence-electron chi connectivity index (χ1n) is 6.28. The molecule has 0 aromatic carbocycles. The SMILES string of the molecule is CN1C[C@@H]2CN(C(=O)[C@@H]3CCOC3)C[C@@H]2C1=O. The Balaban J connectivity index is 1.65. The lowest BCUT2D eigenvalue weighted by atomic mass is 10.0. The Morgan fingerprint density at radius 3 is 2.82 bits per heavy atom. The minimum absolute atomic E-state index is 0.0293. The van der Waals surface area contributed by atoms with E-state index in [0.29, 0.717) is 25.7 Å². The molecule has 3 fully saturated rings. The lowest BCUT2D eigenvalue weighted by Gasteiger charge is -2.21. The van der Waals surface area contributed by atoms with Gasteiger partial charge in [-0.2, -0.15) is 0 Å². The van der Waals surface area contributed by atoms with Gasteiger partial charge >= 0.3 is 0 Å². The predicted molar refractivity (Wildman–Crippen MR) is 60.1 cm³/mol. The second-order valence-electron chi connectivity index (χ2n) is 5.39. The van der Waals surface area contributed by atoms with Crippen molar-refractivity contribution in [1.82, 2.24) is 9.80 Å². The van der Waals surface area contributed by atoms with Crippen LogP contribution in [0, 0.1) is 17.8 Å². The molecule has 0 N–H and O–H groups in total. The summed E-state index contributed by atoms with van der Waals surface area (Å²) in [6.45, 7) is 3.41. The lowest BCUT2D eigenvalue weighted by molar-refractivity contribution is -0.135. The van der Waals surface area contributed by atoms with Crippen LogP contribution in [0.15, 0.2) is 0 Å². The van der Waals surface area contributed by atoms with Crippen molar-refractivity contribution in [2.24, 2.45) is 17.8 Å². The van der Waals surface area contributed by atoms with Crippen molar-refractivity contribution in [1.29, 1.82) is 0 Å². The van der Waals surface area contributed by atoms with E-state index in [1.54, 1.807) is 4.90 Å². The number of hydrogen-bond donors (Lipinski definition) is 0. The zero-order chi connectivity index (χ0) is 12.0. The highest BCUT2D eigenvalue weighted by molar-refractivity contribution is 5.85. The van der Waals surface area contributed by atoms with Gasteiger partial charge in [0.2, 0.25) is 11.8 Å². The molecule has 3 aliphatic heterocycles. The third-order valence-corrected chi connectivity index (χ3v) is 4.23. The van der Waals surface area contributed by atoms with E-state index < -0.39 is 0 Å². The highest BCUT2D eigenvalue weighted by atomic mass is 16.5. The third-order valence-electron chi connectivity index (χ3n) is 4.23. The molecule has 2 amide bonds. The Morgan fingerprint density at radius 1 is 1.35 bits per heavy atom. The van der Waals surface area contributed by atoms with Crippen LogP contribution in [0.2, 0.25) is 0 Å². The fourth-order valence-electron chi connectivity index (χ4n) is 3.23. The second-order valence-corrected chi connectivity index (χ2v) is 5.39. The van der Waals surface area contributed by atoms with Gasteiger partial charge in [0, 0.05) is 39.2 Å². The van der Waals surface area contributed by atoms with Gasteiger partial charge in [0.05, 0.1) is 18.4 Å². The van der Waals surface area contributed by atoms with E-state index >= 15 is 0 Å². The van der Waals surface area contributed by atoms with E-state index in [1.165, 1.54) is 0 Å². The van der Waals surface area contributed by atoms with Gasteiger partial charge in [-0.1, -0.05) is 0 Å². The number of carbonyl (C=O) groups excluding carboxylic acids is 2. The number of hydrogen-bond acceptors (Lipinski definition) is 3. The van der Waals surface area contributed by atoms with Crippen LogP contribution >= 0.6 is 0 Å². The molecule has 0 aromatic heterocycles. The van der Waals surface area contributed by atoms with Crippen LogP contribution in [-0.2, 0) is 14.3 Å². The van der Waals surface area contributed by atoms with Gasteiger partial charge in [-0.3, -0.25) is 9.59 Å². The van der Waals surface area contributed by atoms with E-state index in [0.717, 1.165) is 19.5 Å². The summed E-state index contributed by atoms with van der Waals surface area (Å²) in [6, 6.07) is 0. The molecular formula is C12H18N2O3. The smallest absolute Gasteiger partial charge is 0.228 e. The van der Waals surface area contributed by atoms with Crippen LogP contribution in [0.5, 0.6) is 0 Å². The fourth-order valence-corrected chi connectivity index (χ4v) is 3.23. The summed E-state index contributed by atoms with van der Waals surface area (Å²) < 4.78 is 5.25. The first kappa shape index (κ1) is 11.0. The van der Waals surface area contributed by atoms with E-state index in [9.17, 15) is 9.59 Å². The quantitative estimate of drug-likeness (QED) is 0.623. The Bertz CT molecular complexity index is 352. The molecule has 0 aliphatic carbocycles. The molecule has 0 radical (unpaired) electrons. The molecule has 3 heterocycles. The van der Waals surface area contributed by atoms with Crippen LogP contribution in [0.1, 0.15) is 6.42 Å². The molecule has 3 aliphatic rings. The van der Waals surface area contributed by atoms with Crippen molar-refractivity contribution >= 4 is 11.8 Å². The summed E-state index contributed by atoms with van der Waals surface area (Å²) in [5.41, 5.74) is 0. The standard InChI is InChI=1S/C12H18N2O3/c1-13-4-9-5-14(6-10(9)12(13)16)11(15)8-2-3-17-7-8/h8-10H,2-7H2,1H3/t8-,9-,10+/m1/s1. The van der Waals surface area contributed by atoms with Crippen LogP contribution in [0.25, 0.3) is 0 Å². The number of fused-ring (bicyclic) bond motifs is 1. The molecule has 0 saturated carbocycles. The number of rotatable bonds is 1. The topological polar surface area (TPSA) is 49.9 Å². The molecular weight excluding hydrogens is 220 g/mol. The van der Waals surface area contributed by atoms with Gasteiger partial charge in [0.1, 0.15) is 0 Å². The largest absolute Gasteiger partial charge is 0.381 e. The fraction of sp³-hybridized carbons (Fsp3) is 0.833. The Morgan fingerprint density at radius 2 is 2.18 bits per heavy atom. The van der Waals surface area contributed by atoms with Crippen molar-refractivity contribution < 1.29 is 14.3 Å². The maximum absolute atomic E-state index is 12.2. The predicted octanol–water partition coefficient (Wildman–Crippen LogP) is -0.430. The Hall–Kier alpha value is -1.10. The van der Waals surface area contributed by atoms with Crippen molar-refractivity contribution in [3.8, 4) is 0 Å². The molecule has 3 rings (SSSR count). The summed E-state index contributed by atoms with van der Waals surface area (Å²) in [5, 5.41) is 0. The average Bonchev–Trinajstić information content (AvgIpc) is 2.99.